The van der Waals surface area contributed by atoms with Crippen molar-refractivity contribution in [1.29, 1.82) is 0 Å². The Labute approximate surface area is 250 Å². The number of benzene rings is 1. The summed E-state index contributed by atoms with van der Waals surface area (Å²) in [7, 11) is 0. The summed E-state index contributed by atoms with van der Waals surface area (Å²) in [5.74, 6) is -0.944. The molecule has 1 aromatic carbocycles. The van der Waals surface area contributed by atoms with Crippen molar-refractivity contribution in [2.45, 2.75) is 38.5 Å². The standard InChI is InChI=1S/C28H28ClF2N9O3/c1-32-8-2-9-33-19-6-12-38(13-7-19)24(41)17-39-16-22(36-27(42)21-15-35-40-11-3-10-34-26(21)40)25(37-39)20-14-18(29)4-5-23(20)43-28(30)31/h3-5,10-11,14-16,19,28,33H,2,6-9,12-13,17H2,(H,36,42). The molecular weight excluding hydrogens is 584 g/mol. The van der Waals surface area contributed by atoms with Gasteiger partial charge >= 0.3 is 6.61 Å². The van der Waals surface area contributed by atoms with Gasteiger partial charge in [0.2, 0.25) is 12.5 Å². The molecule has 1 aliphatic rings. The van der Waals surface area contributed by atoms with Crippen molar-refractivity contribution in [1.82, 2.24) is 34.6 Å². The minimum absolute atomic E-state index is 0.0889. The Morgan fingerprint density at radius 3 is 2.84 bits per heavy atom. The second-order valence-electron chi connectivity index (χ2n) is 9.85. The van der Waals surface area contributed by atoms with E-state index in [2.05, 4.69) is 30.7 Å². The fourth-order valence-corrected chi connectivity index (χ4v) is 5.06. The summed E-state index contributed by atoms with van der Waals surface area (Å²) in [5, 5.41) is 15.0. The predicted molar refractivity (Wildman–Crippen MR) is 154 cm³/mol. The lowest BCUT2D eigenvalue weighted by Crippen LogP contribution is -2.46. The fourth-order valence-electron chi connectivity index (χ4n) is 4.89. The van der Waals surface area contributed by atoms with Gasteiger partial charge in [-0.05, 0) is 37.1 Å². The molecule has 4 heterocycles. The van der Waals surface area contributed by atoms with E-state index in [-0.39, 0.29) is 51.8 Å². The quantitative estimate of drug-likeness (QED) is 0.194. The molecule has 2 amide bonds. The van der Waals surface area contributed by atoms with E-state index in [9.17, 15) is 18.4 Å². The lowest BCUT2D eigenvalue weighted by atomic mass is 10.0. The van der Waals surface area contributed by atoms with Crippen LogP contribution in [-0.4, -0.2) is 79.9 Å². The maximum absolute atomic E-state index is 13.3. The highest BCUT2D eigenvalue weighted by Gasteiger charge is 2.25. The smallest absolute Gasteiger partial charge is 0.387 e. The van der Waals surface area contributed by atoms with E-state index in [0.29, 0.717) is 25.3 Å². The largest absolute Gasteiger partial charge is 0.434 e. The van der Waals surface area contributed by atoms with E-state index >= 15 is 0 Å². The number of aromatic nitrogens is 5. The van der Waals surface area contributed by atoms with Crippen molar-refractivity contribution in [3.05, 3.63) is 71.1 Å². The summed E-state index contributed by atoms with van der Waals surface area (Å²) in [6.07, 6.45) is 8.33. The summed E-state index contributed by atoms with van der Waals surface area (Å²) in [4.78, 5) is 35.8. The van der Waals surface area contributed by atoms with Gasteiger partial charge in [0.15, 0.2) is 5.65 Å². The highest BCUT2D eigenvalue weighted by atomic mass is 35.5. The minimum Gasteiger partial charge on any atom is -0.434 e. The molecule has 15 heteroatoms. The number of nitrogens with one attached hydrogen (secondary N) is 2. The van der Waals surface area contributed by atoms with E-state index in [4.69, 9.17) is 22.9 Å². The zero-order valence-corrected chi connectivity index (χ0v) is 23.7. The summed E-state index contributed by atoms with van der Waals surface area (Å²) in [5.41, 5.74) is 0.842. The second kappa shape index (κ2) is 13.6. The molecule has 43 heavy (non-hydrogen) atoms. The zero-order valence-electron chi connectivity index (χ0n) is 22.9. The summed E-state index contributed by atoms with van der Waals surface area (Å²) in [6, 6.07) is 6.03. The molecule has 1 saturated heterocycles. The molecule has 0 radical (unpaired) electrons. The molecule has 0 atom stereocenters. The van der Waals surface area contributed by atoms with Crippen molar-refractivity contribution in [2.75, 3.05) is 31.5 Å². The molecule has 0 aliphatic carbocycles. The van der Waals surface area contributed by atoms with Gasteiger partial charge in [-0.15, -0.1) is 0 Å². The number of carbonyl (C=O) groups is 2. The number of anilines is 1. The number of ether oxygens (including phenoxy) is 1. The molecular formula is C28H28ClF2N9O3. The average Bonchev–Trinajstić information content (AvgIpc) is 3.60. The molecule has 12 nitrogen and oxygen atoms in total. The van der Waals surface area contributed by atoms with E-state index in [1.807, 2.05) is 0 Å². The van der Waals surface area contributed by atoms with Crippen LogP contribution in [0, 0.1) is 6.57 Å². The molecule has 1 aliphatic heterocycles. The summed E-state index contributed by atoms with van der Waals surface area (Å²) >= 11 is 6.20. The van der Waals surface area contributed by atoms with Crippen LogP contribution in [-0.2, 0) is 11.3 Å². The number of carbonyl (C=O) groups excluding carboxylic acids is 2. The number of hydrogen-bond acceptors (Lipinski definition) is 7. The van der Waals surface area contributed by atoms with Crippen molar-refractivity contribution in [3.8, 4) is 17.0 Å². The van der Waals surface area contributed by atoms with Crippen LogP contribution in [0.2, 0.25) is 5.02 Å². The normalized spacial score (nSPS) is 13.8. The first-order chi connectivity index (χ1) is 20.8. The number of fused-ring (bicyclic) bond motifs is 1. The van der Waals surface area contributed by atoms with Crippen LogP contribution in [0.4, 0.5) is 14.5 Å². The van der Waals surface area contributed by atoms with Gasteiger partial charge in [-0.2, -0.15) is 19.0 Å². The second-order valence-corrected chi connectivity index (χ2v) is 10.3. The molecule has 0 bridgehead atoms. The van der Waals surface area contributed by atoms with Gasteiger partial charge in [-0.1, -0.05) is 11.6 Å². The van der Waals surface area contributed by atoms with Gasteiger partial charge in [0.1, 0.15) is 23.6 Å². The third-order valence-electron chi connectivity index (χ3n) is 6.97. The number of halogens is 3. The molecule has 0 spiro atoms. The average molecular weight is 612 g/mol. The fraction of sp³-hybridized carbons (Fsp3) is 0.357. The lowest BCUT2D eigenvalue weighted by molar-refractivity contribution is -0.133. The number of hydrogen-bond donors (Lipinski definition) is 2. The SMILES string of the molecule is [C-]#[N+]CCCNC1CCN(C(=O)Cn2cc(NC(=O)c3cnn4cccnc34)c(-c3cc(Cl)ccc3OC(F)F)n2)CC1. The van der Waals surface area contributed by atoms with Crippen LogP contribution < -0.4 is 15.4 Å². The van der Waals surface area contributed by atoms with Crippen molar-refractivity contribution in [3.63, 3.8) is 0 Å². The monoisotopic (exact) mass is 611 g/mol. The number of amides is 2. The maximum atomic E-state index is 13.3. The third kappa shape index (κ3) is 7.25. The molecule has 2 N–H and O–H groups in total. The van der Waals surface area contributed by atoms with Crippen molar-refractivity contribution >= 4 is 34.7 Å². The van der Waals surface area contributed by atoms with Gasteiger partial charge in [-0.25, -0.2) is 16.1 Å². The van der Waals surface area contributed by atoms with Gasteiger partial charge in [-0.3, -0.25) is 14.3 Å². The highest BCUT2D eigenvalue weighted by molar-refractivity contribution is 6.31. The Morgan fingerprint density at radius 2 is 2.07 bits per heavy atom. The molecule has 1 fully saturated rings. The molecule has 3 aromatic heterocycles. The topological polar surface area (TPSA) is 123 Å². The van der Waals surface area contributed by atoms with Crippen LogP contribution in [0.5, 0.6) is 5.75 Å². The Bertz CT molecular complexity index is 1640. The van der Waals surface area contributed by atoms with Crippen LogP contribution in [0.3, 0.4) is 0 Å². The highest BCUT2D eigenvalue weighted by Crippen LogP contribution is 2.37. The molecule has 0 unspecified atom stereocenters. The number of piperidine rings is 1. The first-order valence-electron chi connectivity index (χ1n) is 13.6. The number of nitrogens with zero attached hydrogens (tertiary/aromatic N) is 7. The van der Waals surface area contributed by atoms with Crippen LogP contribution in [0.25, 0.3) is 21.7 Å². The van der Waals surface area contributed by atoms with Crippen molar-refractivity contribution < 1.29 is 23.1 Å². The first-order valence-corrected chi connectivity index (χ1v) is 14.0. The third-order valence-corrected chi connectivity index (χ3v) is 7.21. The number of likely N-dealkylation sites (tertiary alicyclic amines) is 1. The van der Waals surface area contributed by atoms with E-state index in [1.165, 1.54) is 46.0 Å². The number of alkyl halides is 2. The number of rotatable bonds is 11. The molecule has 4 aromatic rings. The summed E-state index contributed by atoms with van der Waals surface area (Å²) < 4.78 is 34.0. The maximum Gasteiger partial charge on any atom is 0.387 e. The molecule has 5 rings (SSSR count). The molecule has 0 saturated carbocycles. The van der Waals surface area contributed by atoms with E-state index in [1.54, 1.807) is 17.2 Å². The van der Waals surface area contributed by atoms with Crippen LogP contribution >= 0.6 is 11.6 Å². The van der Waals surface area contributed by atoms with Crippen molar-refractivity contribution in [2.24, 2.45) is 0 Å². The summed E-state index contributed by atoms with van der Waals surface area (Å²) in [6.45, 7) is 5.97. The van der Waals surface area contributed by atoms with Crippen LogP contribution in [0.15, 0.2) is 49.1 Å². The lowest BCUT2D eigenvalue weighted by Gasteiger charge is -2.32. The van der Waals surface area contributed by atoms with E-state index < -0.39 is 12.5 Å². The Morgan fingerprint density at radius 1 is 1.26 bits per heavy atom. The van der Waals surface area contributed by atoms with Gasteiger partial charge in [0.05, 0.1) is 11.9 Å². The Kier molecular flexibility index (Phi) is 9.43. The first kappa shape index (κ1) is 29.9. The predicted octanol–water partition coefficient (Wildman–Crippen LogP) is 3.99. The van der Waals surface area contributed by atoms with Crippen LogP contribution in [0.1, 0.15) is 29.6 Å². The molecule has 224 valence electrons. The zero-order chi connectivity index (χ0) is 30.3. The Balaban J connectivity index is 1.37. The van der Waals surface area contributed by atoms with Gasteiger partial charge in [0.25, 0.3) is 5.91 Å². The van der Waals surface area contributed by atoms with E-state index in [0.717, 1.165) is 25.8 Å². The van der Waals surface area contributed by atoms with Gasteiger partial charge < -0.3 is 25.1 Å². The Hall–Kier alpha value is -4.61. The van der Waals surface area contributed by atoms with Gasteiger partial charge in [0, 0.05) is 61.3 Å². The minimum atomic E-state index is -3.11.